The summed E-state index contributed by atoms with van der Waals surface area (Å²) >= 11 is 0. The molecule has 0 bridgehead atoms. The van der Waals surface area contributed by atoms with Gasteiger partial charge in [-0.15, -0.1) is 0 Å². The van der Waals surface area contributed by atoms with E-state index in [2.05, 4.69) is 78.5 Å². The lowest BCUT2D eigenvalue weighted by molar-refractivity contribution is 0.627. The third-order valence-electron chi connectivity index (χ3n) is 6.22. The highest BCUT2D eigenvalue weighted by Crippen LogP contribution is 2.34. The van der Waals surface area contributed by atoms with Crippen LogP contribution in [0.3, 0.4) is 0 Å². The van der Waals surface area contributed by atoms with Crippen molar-refractivity contribution in [1.29, 1.82) is 0 Å². The van der Waals surface area contributed by atoms with Gasteiger partial charge >= 0.3 is 0 Å². The van der Waals surface area contributed by atoms with Gasteiger partial charge in [0.15, 0.2) is 0 Å². The maximum atomic E-state index is 13.6. The SMILES string of the molecule is C=C/C=C(\C=C(/C)C(=C)CC/C=C\NC)c1ccc2c(c1)c1ccccc1n2-c1ccc(F)cc1. The number of rotatable bonds is 9. The highest BCUT2D eigenvalue weighted by atomic mass is 19.1. The van der Waals surface area contributed by atoms with Gasteiger partial charge in [0.2, 0.25) is 0 Å². The molecular formula is C32H31FN2. The second-order valence-electron chi connectivity index (χ2n) is 8.58. The van der Waals surface area contributed by atoms with Crippen molar-refractivity contribution in [3.63, 3.8) is 0 Å². The van der Waals surface area contributed by atoms with E-state index in [-0.39, 0.29) is 5.82 Å². The number of halogens is 1. The predicted octanol–water partition coefficient (Wildman–Crippen LogP) is 8.51. The summed E-state index contributed by atoms with van der Waals surface area (Å²) in [4.78, 5) is 0. The Hall–Kier alpha value is -4.11. The van der Waals surface area contributed by atoms with E-state index in [4.69, 9.17) is 0 Å². The number of hydrogen-bond acceptors (Lipinski definition) is 1. The zero-order valence-electron chi connectivity index (χ0n) is 20.4. The van der Waals surface area contributed by atoms with Crippen LogP contribution in [0, 0.1) is 5.82 Å². The van der Waals surface area contributed by atoms with Crippen molar-refractivity contribution in [1.82, 2.24) is 9.88 Å². The second-order valence-corrected chi connectivity index (χ2v) is 8.58. The van der Waals surface area contributed by atoms with Crippen molar-refractivity contribution in [2.45, 2.75) is 19.8 Å². The van der Waals surface area contributed by atoms with Crippen molar-refractivity contribution in [3.05, 3.63) is 133 Å². The maximum Gasteiger partial charge on any atom is 0.123 e. The summed E-state index contributed by atoms with van der Waals surface area (Å²) in [6.07, 6.45) is 12.0. The van der Waals surface area contributed by atoms with Crippen LogP contribution in [-0.4, -0.2) is 11.6 Å². The molecule has 35 heavy (non-hydrogen) atoms. The Kier molecular flexibility index (Phi) is 7.47. The standard InChI is InChI=1S/C32H31FN2/c1-5-10-25(21-24(3)23(2)11-8-9-20-34-4)26-14-19-32-30(22-26)29-12-6-7-13-31(29)35(32)28-17-15-27(33)16-18-28/h5-7,9-10,12-22,34H,1-2,8,11H2,3-4H3/b20-9-,24-21+,25-10+. The first-order valence-electron chi connectivity index (χ1n) is 11.8. The number of aromatic nitrogens is 1. The van der Waals surface area contributed by atoms with Crippen molar-refractivity contribution < 1.29 is 4.39 Å². The minimum Gasteiger partial charge on any atom is -0.394 e. The molecule has 0 atom stereocenters. The summed E-state index contributed by atoms with van der Waals surface area (Å²) in [6.45, 7) is 10.3. The molecule has 0 amide bonds. The van der Waals surface area contributed by atoms with Crippen LogP contribution in [0.15, 0.2) is 122 Å². The first kappa shape index (κ1) is 24.0. The Bertz CT molecular complexity index is 1460. The molecule has 4 aromatic rings. The molecule has 0 saturated carbocycles. The topological polar surface area (TPSA) is 17.0 Å². The molecule has 0 unspecified atom stereocenters. The lowest BCUT2D eigenvalue weighted by atomic mass is 9.97. The number of nitrogens with one attached hydrogen (secondary N) is 1. The van der Waals surface area contributed by atoms with E-state index in [9.17, 15) is 4.39 Å². The van der Waals surface area contributed by atoms with E-state index in [0.29, 0.717) is 0 Å². The molecule has 0 aliphatic carbocycles. The molecule has 2 nitrogen and oxygen atoms in total. The first-order chi connectivity index (χ1) is 17.0. The van der Waals surface area contributed by atoms with Gasteiger partial charge in [-0.05, 0) is 85.1 Å². The van der Waals surface area contributed by atoms with Gasteiger partial charge in [0.25, 0.3) is 0 Å². The Balaban J connectivity index is 1.78. The molecule has 4 rings (SSSR count). The minimum atomic E-state index is -0.238. The average molecular weight is 463 g/mol. The van der Waals surface area contributed by atoms with Crippen LogP contribution in [-0.2, 0) is 0 Å². The zero-order chi connectivity index (χ0) is 24.8. The van der Waals surface area contributed by atoms with Crippen LogP contribution in [0.5, 0.6) is 0 Å². The molecule has 0 fully saturated rings. The van der Waals surface area contributed by atoms with E-state index in [1.807, 2.05) is 43.6 Å². The molecule has 1 heterocycles. The first-order valence-corrected chi connectivity index (χ1v) is 11.8. The molecule has 3 aromatic carbocycles. The monoisotopic (exact) mass is 462 g/mol. The molecule has 0 aliphatic heterocycles. The van der Waals surface area contributed by atoms with Crippen LogP contribution in [0.25, 0.3) is 33.1 Å². The Labute approximate surface area is 207 Å². The number of hydrogen-bond donors (Lipinski definition) is 1. The van der Waals surface area contributed by atoms with Gasteiger partial charge in [-0.2, -0.15) is 0 Å². The Morgan fingerprint density at radius 3 is 2.49 bits per heavy atom. The number of nitrogens with zero attached hydrogens (tertiary/aromatic N) is 1. The molecule has 176 valence electrons. The fourth-order valence-electron chi connectivity index (χ4n) is 4.37. The summed E-state index contributed by atoms with van der Waals surface area (Å²) < 4.78 is 15.8. The van der Waals surface area contributed by atoms with E-state index in [1.54, 1.807) is 0 Å². The van der Waals surface area contributed by atoms with E-state index >= 15 is 0 Å². The number of benzene rings is 3. The minimum absolute atomic E-state index is 0.238. The molecule has 3 heteroatoms. The van der Waals surface area contributed by atoms with Gasteiger partial charge < -0.3 is 9.88 Å². The Morgan fingerprint density at radius 1 is 1.00 bits per heavy atom. The highest BCUT2D eigenvalue weighted by Gasteiger charge is 2.13. The summed E-state index contributed by atoms with van der Waals surface area (Å²) in [7, 11) is 1.90. The van der Waals surface area contributed by atoms with E-state index < -0.39 is 0 Å². The van der Waals surface area contributed by atoms with Gasteiger partial charge in [-0.1, -0.05) is 67.3 Å². The van der Waals surface area contributed by atoms with Gasteiger partial charge in [-0.3, -0.25) is 0 Å². The van der Waals surface area contributed by atoms with Gasteiger partial charge in [0.1, 0.15) is 5.82 Å². The van der Waals surface area contributed by atoms with Crippen molar-refractivity contribution in [3.8, 4) is 5.69 Å². The molecule has 0 radical (unpaired) electrons. The highest BCUT2D eigenvalue weighted by molar-refractivity contribution is 6.10. The molecule has 0 aliphatic rings. The number of allylic oxidation sites excluding steroid dienone is 7. The molecule has 0 saturated heterocycles. The largest absolute Gasteiger partial charge is 0.394 e. The summed E-state index contributed by atoms with van der Waals surface area (Å²) in [5.41, 5.74) is 7.59. The van der Waals surface area contributed by atoms with Crippen LogP contribution in [0.4, 0.5) is 4.39 Å². The maximum absolute atomic E-state index is 13.6. The quantitative estimate of drug-likeness (QED) is 0.247. The van der Waals surface area contributed by atoms with Gasteiger partial charge in [0.05, 0.1) is 11.0 Å². The van der Waals surface area contributed by atoms with Gasteiger partial charge in [-0.25, -0.2) is 4.39 Å². The fourth-order valence-corrected chi connectivity index (χ4v) is 4.37. The zero-order valence-corrected chi connectivity index (χ0v) is 20.4. The normalized spacial score (nSPS) is 12.5. The summed E-state index contributed by atoms with van der Waals surface area (Å²) in [6, 6.07) is 21.5. The van der Waals surface area contributed by atoms with Crippen molar-refractivity contribution >= 4 is 27.4 Å². The third kappa shape index (κ3) is 5.20. The fraction of sp³-hybridized carbons (Fsp3) is 0.125. The average Bonchev–Trinajstić information content (AvgIpc) is 3.20. The third-order valence-corrected chi connectivity index (χ3v) is 6.22. The van der Waals surface area contributed by atoms with Crippen molar-refractivity contribution in [2.24, 2.45) is 0 Å². The number of fused-ring (bicyclic) bond motifs is 3. The Morgan fingerprint density at radius 2 is 1.74 bits per heavy atom. The van der Waals surface area contributed by atoms with Gasteiger partial charge in [0, 0.05) is 23.5 Å². The van der Waals surface area contributed by atoms with Crippen LogP contribution < -0.4 is 5.32 Å². The van der Waals surface area contributed by atoms with Crippen LogP contribution >= 0.6 is 0 Å². The molecule has 1 N–H and O–H groups in total. The number of para-hydroxylation sites is 1. The summed E-state index contributed by atoms with van der Waals surface area (Å²) in [5, 5.41) is 5.33. The lowest BCUT2D eigenvalue weighted by Crippen LogP contribution is -1.94. The molecule has 0 spiro atoms. The van der Waals surface area contributed by atoms with Crippen LogP contribution in [0.1, 0.15) is 25.3 Å². The van der Waals surface area contributed by atoms with Crippen molar-refractivity contribution in [2.75, 3.05) is 7.05 Å². The van der Waals surface area contributed by atoms with Crippen LogP contribution in [0.2, 0.25) is 0 Å². The lowest BCUT2D eigenvalue weighted by Gasteiger charge is -2.10. The smallest absolute Gasteiger partial charge is 0.123 e. The summed E-state index contributed by atoms with van der Waals surface area (Å²) in [5.74, 6) is -0.238. The molecule has 1 aromatic heterocycles. The molecular weight excluding hydrogens is 431 g/mol. The van der Waals surface area contributed by atoms with E-state index in [0.717, 1.165) is 62.6 Å². The second kappa shape index (κ2) is 10.9. The van der Waals surface area contributed by atoms with E-state index in [1.165, 1.54) is 12.1 Å². The predicted molar refractivity (Wildman–Crippen MR) is 149 cm³/mol.